The Morgan fingerprint density at radius 3 is 2.77 bits per heavy atom. The molecule has 1 aromatic carbocycles. The van der Waals surface area contributed by atoms with Gasteiger partial charge in [0.05, 0.1) is 12.4 Å². The molecule has 0 spiro atoms. The Hall–Kier alpha value is -1.58. The van der Waals surface area contributed by atoms with Gasteiger partial charge in [-0.05, 0) is 23.2 Å². The molecule has 0 amide bonds. The fourth-order valence-electron chi connectivity index (χ4n) is 2.85. The standard InChI is InChI=1S/C16H15Cl2N5O2S/c17-9-4-2-1-3-8(9)5-19-13-11-14(22-16(18)21-13)23(7-20-11)15-12(25)10(24)6-26-15/h1-4,7,10,12,15,24-25H,5-6H2,(H,19,21,22)/t10?,12-,15+/m0/s1. The minimum atomic E-state index is -0.898. The molecule has 4 rings (SSSR count). The number of nitrogens with zero attached hydrogens (tertiary/aromatic N) is 4. The van der Waals surface area contributed by atoms with Crippen molar-refractivity contribution in [2.45, 2.75) is 24.1 Å². The van der Waals surface area contributed by atoms with Gasteiger partial charge in [0.15, 0.2) is 17.0 Å². The minimum Gasteiger partial charge on any atom is -0.389 e. The van der Waals surface area contributed by atoms with Crippen LogP contribution in [-0.2, 0) is 6.54 Å². The van der Waals surface area contributed by atoms with Crippen molar-refractivity contribution >= 4 is 51.9 Å². The van der Waals surface area contributed by atoms with Crippen molar-refractivity contribution in [3.63, 3.8) is 0 Å². The van der Waals surface area contributed by atoms with E-state index in [1.54, 1.807) is 10.9 Å². The molecule has 3 heterocycles. The van der Waals surface area contributed by atoms with E-state index in [9.17, 15) is 10.2 Å². The van der Waals surface area contributed by atoms with Crippen LogP contribution in [0.25, 0.3) is 11.2 Å². The molecule has 0 saturated carbocycles. The Kier molecular flexibility index (Phi) is 4.94. The van der Waals surface area contributed by atoms with Crippen molar-refractivity contribution < 1.29 is 10.2 Å². The number of fused-ring (bicyclic) bond motifs is 1. The molecule has 0 radical (unpaired) electrons. The summed E-state index contributed by atoms with van der Waals surface area (Å²) in [5, 5.41) is 23.5. The predicted molar refractivity (Wildman–Crippen MR) is 103 cm³/mol. The molecule has 0 aliphatic carbocycles. The van der Waals surface area contributed by atoms with Crippen molar-refractivity contribution in [2.24, 2.45) is 0 Å². The molecule has 1 saturated heterocycles. The van der Waals surface area contributed by atoms with Gasteiger partial charge in [-0.2, -0.15) is 9.97 Å². The van der Waals surface area contributed by atoms with Crippen LogP contribution < -0.4 is 5.32 Å². The number of aliphatic hydroxyl groups excluding tert-OH is 2. The van der Waals surface area contributed by atoms with Gasteiger partial charge in [-0.25, -0.2) is 4.98 Å². The highest BCUT2D eigenvalue weighted by Crippen LogP contribution is 2.38. The van der Waals surface area contributed by atoms with Crippen LogP contribution >= 0.6 is 35.0 Å². The third-order valence-corrected chi connectivity index (χ3v) is 6.12. The van der Waals surface area contributed by atoms with E-state index in [1.807, 2.05) is 24.3 Å². The van der Waals surface area contributed by atoms with Crippen molar-refractivity contribution in [3.8, 4) is 0 Å². The minimum absolute atomic E-state index is 0.0685. The van der Waals surface area contributed by atoms with E-state index in [2.05, 4.69) is 20.3 Å². The summed E-state index contributed by atoms with van der Waals surface area (Å²) in [6.07, 6.45) is -0.0989. The second kappa shape index (κ2) is 7.21. The van der Waals surface area contributed by atoms with Gasteiger partial charge in [0, 0.05) is 17.3 Å². The summed E-state index contributed by atoms with van der Waals surface area (Å²) in [4.78, 5) is 12.9. The van der Waals surface area contributed by atoms with Crippen LogP contribution in [0.3, 0.4) is 0 Å². The number of nitrogens with one attached hydrogen (secondary N) is 1. The zero-order valence-corrected chi connectivity index (χ0v) is 15.7. The lowest BCUT2D eigenvalue weighted by Gasteiger charge is -2.17. The first-order valence-corrected chi connectivity index (χ1v) is 9.70. The van der Waals surface area contributed by atoms with Gasteiger partial charge in [-0.1, -0.05) is 29.8 Å². The first-order chi connectivity index (χ1) is 12.5. The summed E-state index contributed by atoms with van der Waals surface area (Å²) in [6, 6.07) is 7.51. The van der Waals surface area contributed by atoms with Gasteiger partial charge in [0.25, 0.3) is 0 Å². The Morgan fingerprint density at radius 2 is 2.04 bits per heavy atom. The van der Waals surface area contributed by atoms with E-state index in [1.165, 1.54) is 11.8 Å². The van der Waals surface area contributed by atoms with E-state index >= 15 is 0 Å². The molecule has 1 aliphatic heterocycles. The van der Waals surface area contributed by atoms with E-state index in [0.717, 1.165) is 5.56 Å². The third-order valence-electron chi connectivity index (χ3n) is 4.20. The number of aromatic nitrogens is 4. The Morgan fingerprint density at radius 1 is 1.23 bits per heavy atom. The number of imidazole rings is 1. The number of benzene rings is 1. The molecule has 7 nitrogen and oxygen atoms in total. The Bertz CT molecular complexity index is 954. The molecular formula is C16H15Cl2N5O2S. The summed E-state index contributed by atoms with van der Waals surface area (Å²) in [5.41, 5.74) is 1.95. The molecule has 3 N–H and O–H groups in total. The molecule has 10 heteroatoms. The SMILES string of the molecule is OC1CS[C@@H](n2cnc3c(NCc4ccccc4Cl)nc(Cl)nc32)[C@H]1O. The largest absolute Gasteiger partial charge is 0.389 e. The molecule has 2 aromatic heterocycles. The van der Waals surface area contributed by atoms with E-state index < -0.39 is 12.2 Å². The molecule has 26 heavy (non-hydrogen) atoms. The molecular weight excluding hydrogens is 397 g/mol. The highest BCUT2D eigenvalue weighted by molar-refractivity contribution is 7.99. The van der Waals surface area contributed by atoms with Gasteiger partial charge in [-0.15, -0.1) is 11.8 Å². The van der Waals surface area contributed by atoms with Gasteiger partial charge in [0.1, 0.15) is 11.5 Å². The first kappa shape index (κ1) is 17.8. The van der Waals surface area contributed by atoms with Crippen LogP contribution in [0.1, 0.15) is 10.9 Å². The van der Waals surface area contributed by atoms with Crippen molar-refractivity contribution in [1.82, 2.24) is 19.5 Å². The van der Waals surface area contributed by atoms with Crippen LogP contribution in [-0.4, -0.2) is 47.7 Å². The Balaban J connectivity index is 1.67. The highest BCUT2D eigenvalue weighted by Gasteiger charge is 2.36. The van der Waals surface area contributed by atoms with Gasteiger partial charge >= 0.3 is 0 Å². The number of hydrogen-bond acceptors (Lipinski definition) is 7. The van der Waals surface area contributed by atoms with Gasteiger partial charge < -0.3 is 15.5 Å². The molecule has 3 atom stereocenters. The first-order valence-electron chi connectivity index (χ1n) is 7.89. The van der Waals surface area contributed by atoms with Crippen LogP contribution in [0.4, 0.5) is 5.82 Å². The number of anilines is 1. The number of thioether (sulfide) groups is 1. The average molecular weight is 412 g/mol. The highest BCUT2D eigenvalue weighted by atomic mass is 35.5. The quantitative estimate of drug-likeness (QED) is 0.567. The van der Waals surface area contributed by atoms with Crippen LogP contribution in [0.5, 0.6) is 0 Å². The predicted octanol–water partition coefficient (Wildman–Crippen LogP) is 2.71. The maximum absolute atomic E-state index is 10.2. The lowest BCUT2D eigenvalue weighted by atomic mass is 10.2. The fourth-order valence-corrected chi connectivity index (χ4v) is 4.50. The monoisotopic (exact) mass is 411 g/mol. The maximum Gasteiger partial charge on any atom is 0.226 e. The van der Waals surface area contributed by atoms with Crippen LogP contribution in [0.2, 0.25) is 10.3 Å². The second-order valence-corrected chi connectivity index (χ2v) is 7.79. The molecule has 1 fully saturated rings. The summed E-state index contributed by atoms with van der Waals surface area (Å²) in [7, 11) is 0. The fraction of sp³-hybridized carbons (Fsp3) is 0.312. The van der Waals surface area contributed by atoms with Gasteiger partial charge in [-0.3, -0.25) is 4.57 Å². The molecule has 3 aromatic rings. The third kappa shape index (κ3) is 3.23. The smallest absolute Gasteiger partial charge is 0.226 e. The van der Waals surface area contributed by atoms with Crippen LogP contribution in [0.15, 0.2) is 30.6 Å². The van der Waals surface area contributed by atoms with E-state index in [4.69, 9.17) is 23.2 Å². The molecule has 136 valence electrons. The summed E-state index contributed by atoms with van der Waals surface area (Å²) >= 11 is 13.7. The lowest BCUT2D eigenvalue weighted by Crippen LogP contribution is -2.27. The zero-order chi connectivity index (χ0) is 18.3. The van der Waals surface area contributed by atoms with Crippen molar-refractivity contribution in [2.75, 3.05) is 11.1 Å². The molecule has 1 unspecified atom stereocenters. The van der Waals surface area contributed by atoms with Crippen molar-refractivity contribution in [3.05, 3.63) is 46.5 Å². The summed E-state index contributed by atoms with van der Waals surface area (Å²) < 4.78 is 1.72. The summed E-state index contributed by atoms with van der Waals surface area (Å²) in [6.45, 7) is 0.453. The Labute approximate surface area is 163 Å². The number of hydrogen-bond donors (Lipinski definition) is 3. The van der Waals surface area contributed by atoms with Crippen molar-refractivity contribution in [1.29, 1.82) is 0 Å². The number of rotatable bonds is 4. The van der Waals surface area contributed by atoms with E-state index in [-0.39, 0.29) is 10.7 Å². The van der Waals surface area contributed by atoms with Crippen LogP contribution in [0, 0.1) is 0 Å². The summed E-state index contributed by atoms with van der Waals surface area (Å²) in [5.74, 6) is 0.929. The average Bonchev–Trinajstić information content (AvgIpc) is 3.18. The maximum atomic E-state index is 10.2. The molecule has 0 bridgehead atoms. The number of halogens is 2. The number of aliphatic hydroxyl groups is 2. The lowest BCUT2D eigenvalue weighted by molar-refractivity contribution is 0.0313. The zero-order valence-electron chi connectivity index (χ0n) is 13.4. The van der Waals surface area contributed by atoms with E-state index in [0.29, 0.717) is 34.3 Å². The van der Waals surface area contributed by atoms with Gasteiger partial charge in [0.2, 0.25) is 5.28 Å². The second-order valence-electron chi connectivity index (χ2n) is 5.89. The topological polar surface area (TPSA) is 96.1 Å². The normalized spacial score (nSPS) is 22.8. The molecule has 1 aliphatic rings.